The number of halogens is 5. The molecule has 1 aliphatic heterocycles. The zero-order valence-corrected chi connectivity index (χ0v) is 20.7. The molecule has 2 heterocycles. The summed E-state index contributed by atoms with van der Waals surface area (Å²) in [7, 11) is 0. The summed E-state index contributed by atoms with van der Waals surface area (Å²) in [5, 5.41) is 0.475. The summed E-state index contributed by atoms with van der Waals surface area (Å²) < 4.78 is 46.7. The van der Waals surface area contributed by atoms with E-state index < -0.39 is 17.6 Å². The normalized spacial score (nSPS) is 14.8. The second-order valence-electron chi connectivity index (χ2n) is 7.45. The second-order valence-corrected chi connectivity index (χ2v) is 9.38. The topological polar surface area (TPSA) is 45.7 Å². The lowest BCUT2D eigenvalue weighted by atomic mass is 10.1. The van der Waals surface area contributed by atoms with E-state index in [-0.39, 0.29) is 18.0 Å². The predicted octanol–water partition coefficient (Wildman–Crippen LogP) is 5.87. The van der Waals surface area contributed by atoms with E-state index in [1.807, 2.05) is 18.2 Å². The molecule has 0 unspecified atom stereocenters. The molecule has 1 fully saturated rings. The summed E-state index contributed by atoms with van der Waals surface area (Å²) in [6, 6.07) is 10.2. The third-order valence-corrected chi connectivity index (χ3v) is 6.75. The fraction of sp³-hybridized carbons (Fsp3) is 0.364. The van der Waals surface area contributed by atoms with Crippen molar-refractivity contribution in [3.8, 4) is 0 Å². The molecular weight excluding hydrogens is 543 g/mol. The lowest BCUT2D eigenvalue weighted by molar-refractivity contribution is -0.137. The number of hydrogen-bond donors (Lipinski definition) is 0. The average Bonchev–Trinajstić information content (AvgIpc) is 3.19. The van der Waals surface area contributed by atoms with Crippen LogP contribution in [0.3, 0.4) is 0 Å². The third kappa shape index (κ3) is 6.45. The van der Waals surface area contributed by atoms with Crippen LogP contribution in [0.1, 0.15) is 22.3 Å². The Balaban J connectivity index is 0.00000306. The van der Waals surface area contributed by atoms with Gasteiger partial charge in [0.05, 0.1) is 29.0 Å². The Morgan fingerprint density at radius 3 is 2.67 bits per heavy atom. The summed E-state index contributed by atoms with van der Waals surface area (Å²) in [6.07, 6.45) is -3.84. The molecule has 1 aliphatic rings. The van der Waals surface area contributed by atoms with Crippen molar-refractivity contribution >= 4 is 60.9 Å². The molecule has 178 valence electrons. The summed E-state index contributed by atoms with van der Waals surface area (Å²) in [4.78, 5) is 21.7. The van der Waals surface area contributed by atoms with Crippen LogP contribution in [0.2, 0.25) is 0 Å². The molecule has 33 heavy (non-hydrogen) atoms. The molecule has 1 saturated heterocycles. The SMILES string of the molecule is Cl.O=C(c1cccc(C(F)(F)F)c1)N(CCCN1CCOCC1)c1nc2ccc(Br)cc2s1. The van der Waals surface area contributed by atoms with Crippen molar-refractivity contribution in [2.45, 2.75) is 12.6 Å². The van der Waals surface area contributed by atoms with Gasteiger partial charge < -0.3 is 4.74 Å². The molecule has 0 saturated carbocycles. The molecule has 3 aromatic rings. The Kier molecular flexibility index (Phi) is 8.74. The standard InChI is InChI=1S/C22H21BrF3N3O2S.ClH/c23-17-5-6-18-19(14-17)32-21(27-18)29(8-2-7-28-9-11-31-12-10-28)20(30)15-3-1-4-16(13-15)22(24,25)26;/h1,3-6,13-14H,2,7-12H2;1H. The molecular formula is C22H22BrClF3N3O2S. The highest BCUT2D eigenvalue weighted by Gasteiger charge is 2.32. The van der Waals surface area contributed by atoms with E-state index >= 15 is 0 Å². The molecule has 1 amide bonds. The minimum Gasteiger partial charge on any atom is -0.379 e. The summed E-state index contributed by atoms with van der Waals surface area (Å²) in [5.74, 6) is -0.490. The first kappa shape index (κ1) is 25.9. The molecule has 4 rings (SSSR count). The maximum Gasteiger partial charge on any atom is 0.416 e. The number of amides is 1. The summed E-state index contributed by atoms with van der Waals surface area (Å²) in [6.45, 7) is 4.15. The van der Waals surface area contributed by atoms with Crippen LogP contribution >= 0.6 is 39.7 Å². The van der Waals surface area contributed by atoms with Crippen molar-refractivity contribution in [2.24, 2.45) is 0 Å². The number of carbonyl (C=O) groups excluding carboxylic acids is 1. The minimum atomic E-state index is -4.51. The lowest BCUT2D eigenvalue weighted by Crippen LogP contribution is -2.39. The van der Waals surface area contributed by atoms with Crippen molar-refractivity contribution in [1.82, 2.24) is 9.88 Å². The van der Waals surface area contributed by atoms with Gasteiger partial charge in [0.2, 0.25) is 0 Å². The number of nitrogens with zero attached hydrogens (tertiary/aromatic N) is 3. The van der Waals surface area contributed by atoms with Gasteiger partial charge in [-0.05, 0) is 42.8 Å². The van der Waals surface area contributed by atoms with Crippen molar-refractivity contribution in [3.63, 3.8) is 0 Å². The van der Waals surface area contributed by atoms with Crippen LogP contribution in [-0.2, 0) is 10.9 Å². The zero-order chi connectivity index (χ0) is 22.7. The van der Waals surface area contributed by atoms with Crippen LogP contribution in [-0.4, -0.2) is 55.2 Å². The quantitative estimate of drug-likeness (QED) is 0.376. The molecule has 0 N–H and O–H groups in total. The molecule has 0 bridgehead atoms. The van der Waals surface area contributed by atoms with E-state index in [4.69, 9.17) is 4.74 Å². The van der Waals surface area contributed by atoms with Crippen LogP contribution in [0.25, 0.3) is 10.2 Å². The van der Waals surface area contributed by atoms with Gasteiger partial charge in [0.1, 0.15) is 0 Å². The van der Waals surface area contributed by atoms with Crippen molar-refractivity contribution in [2.75, 3.05) is 44.3 Å². The molecule has 5 nitrogen and oxygen atoms in total. The van der Waals surface area contributed by atoms with Gasteiger partial charge in [-0.2, -0.15) is 13.2 Å². The first-order chi connectivity index (χ1) is 15.3. The predicted molar refractivity (Wildman–Crippen MR) is 130 cm³/mol. The molecule has 0 radical (unpaired) electrons. The first-order valence-corrected chi connectivity index (χ1v) is 11.8. The molecule has 0 spiro atoms. The number of alkyl halides is 3. The monoisotopic (exact) mass is 563 g/mol. The second kappa shape index (κ2) is 11.1. The van der Waals surface area contributed by atoms with Crippen LogP contribution in [0.5, 0.6) is 0 Å². The number of rotatable bonds is 6. The van der Waals surface area contributed by atoms with Crippen LogP contribution in [0, 0.1) is 0 Å². The van der Waals surface area contributed by atoms with Crippen LogP contribution in [0.15, 0.2) is 46.9 Å². The zero-order valence-electron chi connectivity index (χ0n) is 17.5. The number of benzene rings is 2. The van der Waals surface area contributed by atoms with Gasteiger partial charge in [-0.1, -0.05) is 33.3 Å². The van der Waals surface area contributed by atoms with Gasteiger partial charge in [0.15, 0.2) is 5.13 Å². The Hall–Kier alpha value is -1.72. The van der Waals surface area contributed by atoms with E-state index in [0.717, 1.165) is 46.5 Å². The maximum atomic E-state index is 13.3. The molecule has 0 aliphatic carbocycles. The smallest absolute Gasteiger partial charge is 0.379 e. The minimum absolute atomic E-state index is 0. The molecule has 2 aromatic carbocycles. The number of carbonyl (C=O) groups is 1. The Bertz CT molecular complexity index is 1110. The Morgan fingerprint density at radius 2 is 1.94 bits per heavy atom. The number of morpholine rings is 1. The van der Waals surface area contributed by atoms with Crippen molar-refractivity contribution in [3.05, 3.63) is 58.1 Å². The van der Waals surface area contributed by atoms with Crippen molar-refractivity contribution < 1.29 is 22.7 Å². The molecule has 0 atom stereocenters. The van der Waals surface area contributed by atoms with Gasteiger partial charge in [-0.3, -0.25) is 14.6 Å². The molecule has 1 aromatic heterocycles. The summed E-state index contributed by atoms with van der Waals surface area (Å²) in [5.41, 5.74) is -0.111. The van der Waals surface area contributed by atoms with Crippen molar-refractivity contribution in [1.29, 1.82) is 0 Å². The lowest BCUT2D eigenvalue weighted by Gasteiger charge is -2.27. The van der Waals surface area contributed by atoms with Gasteiger partial charge in [0, 0.05) is 36.2 Å². The molecule has 11 heteroatoms. The number of thiazole rings is 1. The van der Waals surface area contributed by atoms with E-state index in [1.54, 1.807) is 0 Å². The maximum absolute atomic E-state index is 13.3. The number of hydrogen-bond acceptors (Lipinski definition) is 5. The van der Waals surface area contributed by atoms with E-state index in [1.165, 1.54) is 28.4 Å². The van der Waals surface area contributed by atoms with Gasteiger partial charge in [0.25, 0.3) is 5.91 Å². The highest BCUT2D eigenvalue weighted by molar-refractivity contribution is 9.10. The number of aromatic nitrogens is 1. The van der Waals surface area contributed by atoms with Crippen LogP contribution in [0.4, 0.5) is 18.3 Å². The van der Waals surface area contributed by atoms with E-state index in [9.17, 15) is 18.0 Å². The Morgan fingerprint density at radius 1 is 1.18 bits per heavy atom. The van der Waals surface area contributed by atoms with Crippen LogP contribution < -0.4 is 4.90 Å². The largest absolute Gasteiger partial charge is 0.416 e. The Labute approximate surface area is 208 Å². The first-order valence-electron chi connectivity index (χ1n) is 10.2. The van der Waals surface area contributed by atoms with E-state index in [0.29, 0.717) is 31.3 Å². The summed E-state index contributed by atoms with van der Waals surface area (Å²) >= 11 is 4.78. The number of fused-ring (bicyclic) bond motifs is 1. The number of ether oxygens (including phenoxy) is 1. The highest BCUT2D eigenvalue weighted by atomic mass is 79.9. The van der Waals surface area contributed by atoms with E-state index in [2.05, 4.69) is 25.8 Å². The average molecular weight is 565 g/mol. The third-order valence-electron chi connectivity index (χ3n) is 5.21. The highest BCUT2D eigenvalue weighted by Crippen LogP contribution is 2.33. The fourth-order valence-corrected chi connectivity index (χ4v) is 5.09. The van der Waals surface area contributed by atoms with Gasteiger partial charge >= 0.3 is 6.18 Å². The fourth-order valence-electron chi connectivity index (χ4n) is 3.55. The van der Waals surface area contributed by atoms with Gasteiger partial charge in [-0.25, -0.2) is 4.98 Å². The number of anilines is 1. The van der Waals surface area contributed by atoms with Gasteiger partial charge in [-0.15, -0.1) is 12.4 Å².